The lowest BCUT2D eigenvalue weighted by Crippen LogP contribution is -2.52. The summed E-state index contributed by atoms with van der Waals surface area (Å²) in [5.41, 5.74) is 0.673. The Hall–Kier alpha value is -1.57. The molecule has 1 aromatic rings. The predicted molar refractivity (Wildman–Crippen MR) is 119 cm³/mol. The van der Waals surface area contributed by atoms with Crippen molar-refractivity contribution in [3.8, 4) is 0 Å². The van der Waals surface area contributed by atoms with E-state index in [1.54, 1.807) is 11.8 Å². The highest BCUT2D eigenvalue weighted by atomic mass is 32.2. The monoisotopic (exact) mass is 431 g/mol. The quantitative estimate of drug-likeness (QED) is 0.750. The van der Waals surface area contributed by atoms with Crippen molar-refractivity contribution in [2.45, 2.75) is 43.5 Å². The Labute approximate surface area is 183 Å². The van der Waals surface area contributed by atoms with Crippen molar-refractivity contribution >= 4 is 23.6 Å². The first-order valence-electron chi connectivity index (χ1n) is 11.3. The second kappa shape index (κ2) is 10.6. The minimum Gasteiger partial charge on any atom is -0.379 e. The first-order valence-corrected chi connectivity index (χ1v) is 12.4. The second-order valence-electron chi connectivity index (χ2n) is 8.46. The van der Waals surface area contributed by atoms with Crippen LogP contribution < -0.4 is 5.32 Å². The highest BCUT2D eigenvalue weighted by Gasteiger charge is 2.45. The molecular weight excluding hydrogens is 398 g/mol. The Bertz CT molecular complexity index is 705. The summed E-state index contributed by atoms with van der Waals surface area (Å²) < 4.78 is 5.38. The Morgan fingerprint density at radius 1 is 1.07 bits per heavy atom. The highest BCUT2D eigenvalue weighted by molar-refractivity contribution is 8.00. The average Bonchev–Trinajstić information content (AvgIpc) is 3.26. The number of rotatable bonds is 6. The van der Waals surface area contributed by atoms with Gasteiger partial charge in [0.2, 0.25) is 5.91 Å². The number of amides is 2. The fourth-order valence-corrected chi connectivity index (χ4v) is 6.42. The molecule has 2 heterocycles. The molecule has 2 atom stereocenters. The molecule has 164 valence electrons. The number of ether oxygens (including phenoxy) is 1. The van der Waals surface area contributed by atoms with Gasteiger partial charge in [-0.2, -0.15) is 0 Å². The summed E-state index contributed by atoms with van der Waals surface area (Å²) in [5, 5.41) is 3.21. The van der Waals surface area contributed by atoms with E-state index in [0.717, 1.165) is 45.7 Å². The summed E-state index contributed by atoms with van der Waals surface area (Å²) in [7, 11) is 0. The summed E-state index contributed by atoms with van der Waals surface area (Å²) in [6, 6.07) is 9.03. The van der Waals surface area contributed by atoms with E-state index >= 15 is 0 Å². The largest absolute Gasteiger partial charge is 0.379 e. The van der Waals surface area contributed by atoms with Crippen LogP contribution in [-0.2, 0) is 9.53 Å². The topological polar surface area (TPSA) is 61.9 Å². The lowest BCUT2D eigenvalue weighted by molar-refractivity contribution is -0.125. The van der Waals surface area contributed by atoms with Crippen molar-refractivity contribution in [2.24, 2.45) is 5.92 Å². The molecule has 2 unspecified atom stereocenters. The highest BCUT2D eigenvalue weighted by Crippen LogP contribution is 2.41. The first-order chi connectivity index (χ1) is 14.7. The van der Waals surface area contributed by atoms with E-state index in [2.05, 4.69) is 10.2 Å². The van der Waals surface area contributed by atoms with Crippen LogP contribution in [0, 0.1) is 5.92 Å². The molecular formula is C23H33N3O3S. The van der Waals surface area contributed by atoms with E-state index in [0.29, 0.717) is 23.8 Å². The van der Waals surface area contributed by atoms with Gasteiger partial charge in [0, 0.05) is 37.5 Å². The summed E-state index contributed by atoms with van der Waals surface area (Å²) in [6.45, 7) is 4.79. The Kier molecular flexibility index (Phi) is 7.68. The van der Waals surface area contributed by atoms with Crippen LogP contribution in [0.4, 0.5) is 0 Å². The molecule has 30 heavy (non-hydrogen) atoms. The van der Waals surface area contributed by atoms with Crippen molar-refractivity contribution in [1.29, 1.82) is 0 Å². The average molecular weight is 432 g/mol. The molecule has 1 N–H and O–H groups in total. The van der Waals surface area contributed by atoms with Gasteiger partial charge >= 0.3 is 0 Å². The minimum absolute atomic E-state index is 0.00972. The van der Waals surface area contributed by atoms with Crippen LogP contribution in [0.15, 0.2) is 30.3 Å². The molecule has 0 bridgehead atoms. The van der Waals surface area contributed by atoms with Gasteiger partial charge in [0.05, 0.1) is 18.6 Å². The van der Waals surface area contributed by atoms with Gasteiger partial charge in [0.1, 0.15) is 6.04 Å². The molecule has 2 saturated heterocycles. The van der Waals surface area contributed by atoms with Crippen LogP contribution in [0.2, 0.25) is 0 Å². The van der Waals surface area contributed by atoms with Gasteiger partial charge in [-0.05, 0) is 30.9 Å². The van der Waals surface area contributed by atoms with Gasteiger partial charge in [-0.1, -0.05) is 37.5 Å². The summed E-state index contributed by atoms with van der Waals surface area (Å²) in [5.74, 6) is 1.15. The maximum atomic E-state index is 13.4. The zero-order valence-corrected chi connectivity index (χ0v) is 18.4. The number of thioether (sulfide) groups is 1. The predicted octanol–water partition coefficient (Wildman–Crippen LogP) is 2.60. The molecule has 1 aliphatic carbocycles. The van der Waals surface area contributed by atoms with E-state index < -0.39 is 0 Å². The molecule has 1 aromatic carbocycles. The van der Waals surface area contributed by atoms with Crippen LogP contribution in [-0.4, -0.2) is 78.2 Å². The molecule has 1 saturated carbocycles. The van der Waals surface area contributed by atoms with Gasteiger partial charge in [-0.3, -0.25) is 14.5 Å². The smallest absolute Gasteiger partial charge is 0.255 e. The van der Waals surface area contributed by atoms with Gasteiger partial charge in [-0.25, -0.2) is 0 Å². The first kappa shape index (κ1) is 21.7. The third-order valence-electron chi connectivity index (χ3n) is 6.48. The SMILES string of the molecule is O=C(NCCN1CCOCC1)C1CSC(C2CCCCC2)N1C(=O)c1ccccc1. The van der Waals surface area contributed by atoms with Gasteiger partial charge in [0.15, 0.2) is 0 Å². The maximum Gasteiger partial charge on any atom is 0.255 e. The number of nitrogens with one attached hydrogen (secondary N) is 1. The third kappa shape index (κ3) is 5.18. The number of carbonyl (C=O) groups is 2. The standard InChI is InChI=1S/C23H33N3O3S/c27-21(24-11-12-25-13-15-29-16-14-25)20-17-30-23(19-9-5-2-6-10-19)26(20)22(28)18-7-3-1-4-8-18/h1,3-4,7-8,19-20,23H,2,5-6,9-17H2,(H,24,27). The number of nitrogens with zero attached hydrogens (tertiary/aromatic N) is 2. The molecule has 0 spiro atoms. The molecule has 2 aliphatic heterocycles. The lowest BCUT2D eigenvalue weighted by atomic mass is 9.88. The fourth-order valence-electron chi connectivity index (χ4n) is 4.78. The summed E-state index contributed by atoms with van der Waals surface area (Å²) in [4.78, 5) is 30.8. The Balaban J connectivity index is 1.43. The second-order valence-corrected chi connectivity index (χ2v) is 9.61. The summed E-state index contributed by atoms with van der Waals surface area (Å²) >= 11 is 1.80. The van der Waals surface area contributed by atoms with Crippen LogP contribution in [0.1, 0.15) is 42.5 Å². The maximum absolute atomic E-state index is 13.4. The van der Waals surface area contributed by atoms with Crippen molar-refractivity contribution in [2.75, 3.05) is 45.1 Å². The number of morpholine rings is 1. The number of benzene rings is 1. The van der Waals surface area contributed by atoms with Crippen molar-refractivity contribution in [3.63, 3.8) is 0 Å². The number of hydrogen-bond donors (Lipinski definition) is 1. The Morgan fingerprint density at radius 2 is 1.80 bits per heavy atom. The zero-order chi connectivity index (χ0) is 20.8. The number of carbonyl (C=O) groups excluding carboxylic acids is 2. The molecule has 3 aliphatic rings. The molecule has 2 amide bonds. The number of hydrogen-bond acceptors (Lipinski definition) is 5. The van der Waals surface area contributed by atoms with Gasteiger partial charge in [-0.15, -0.1) is 11.8 Å². The minimum atomic E-state index is -0.390. The van der Waals surface area contributed by atoms with Gasteiger partial charge < -0.3 is 15.0 Å². The molecule has 7 heteroatoms. The van der Waals surface area contributed by atoms with E-state index in [9.17, 15) is 9.59 Å². The van der Waals surface area contributed by atoms with Crippen molar-refractivity contribution < 1.29 is 14.3 Å². The zero-order valence-electron chi connectivity index (χ0n) is 17.6. The van der Waals surface area contributed by atoms with Crippen LogP contribution in [0.5, 0.6) is 0 Å². The van der Waals surface area contributed by atoms with E-state index in [4.69, 9.17) is 4.74 Å². The molecule has 4 rings (SSSR count). The molecule has 0 aromatic heterocycles. The summed E-state index contributed by atoms with van der Waals surface area (Å²) in [6.07, 6.45) is 6.05. The van der Waals surface area contributed by atoms with Crippen LogP contribution in [0.3, 0.4) is 0 Å². The van der Waals surface area contributed by atoms with E-state index in [1.165, 1.54) is 19.3 Å². The lowest BCUT2D eigenvalue weighted by Gasteiger charge is -2.35. The van der Waals surface area contributed by atoms with Crippen LogP contribution >= 0.6 is 11.8 Å². The third-order valence-corrected chi connectivity index (χ3v) is 7.94. The molecule has 0 radical (unpaired) electrons. The fraction of sp³-hybridized carbons (Fsp3) is 0.652. The molecule has 3 fully saturated rings. The molecule has 6 nitrogen and oxygen atoms in total. The van der Waals surface area contributed by atoms with Crippen molar-refractivity contribution in [1.82, 2.24) is 15.1 Å². The Morgan fingerprint density at radius 3 is 2.53 bits per heavy atom. The van der Waals surface area contributed by atoms with Crippen molar-refractivity contribution in [3.05, 3.63) is 35.9 Å². The van der Waals surface area contributed by atoms with E-state index in [-0.39, 0.29) is 23.2 Å². The normalized spacial score (nSPS) is 25.9. The van der Waals surface area contributed by atoms with Gasteiger partial charge in [0.25, 0.3) is 5.91 Å². The van der Waals surface area contributed by atoms with E-state index in [1.807, 2.05) is 35.2 Å². The van der Waals surface area contributed by atoms with Crippen LogP contribution in [0.25, 0.3) is 0 Å².